The maximum atomic E-state index is 11.8. The highest BCUT2D eigenvalue weighted by Crippen LogP contribution is 2.12. The van der Waals surface area contributed by atoms with Crippen molar-refractivity contribution in [2.24, 2.45) is 11.5 Å². The van der Waals surface area contributed by atoms with E-state index in [1.54, 1.807) is 12.1 Å². The number of hydrogen-bond donors (Lipinski definition) is 2. The van der Waals surface area contributed by atoms with Gasteiger partial charge in [0, 0.05) is 4.90 Å². The zero-order valence-corrected chi connectivity index (χ0v) is 9.29. The molecule has 0 aliphatic carbocycles. The SMILES string of the molecule is Cc1ccccc1S(=O)CC(N)C(N)=O. The summed E-state index contributed by atoms with van der Waals surface area (Å²) in [5, 5.41) is 0. The van der Waals surface area contributed by atoms with Crippen LogP contribution in [-0.2, 0) is 15.6 Å². The van der Waals surface area contributed by atoms with Crippen LogP contribution in [0.1, 0.15) is 5.56 Å². The molecule has 4 nitrogen and oxygen atoms in total. The van der Waals surface area contributed by atoms with Crippen LogP contribution in [-0.4, -0.2) is 21.9 Å². The molecule has 15 heavy (non-hydrogen) atoms. The summed E-state index contributed by atoms with van der Waals surface area (Å²) in [5.41, 5.74) is 11.4. The molecule has 5 heteroatoms. The van der Waals surface area contributed by atoms with Crippen molar-refractivity contribution in [1.82, 2.24) is 0 Å². The van der Waals surface area contributed by atoms with E-state index in [2.05, 4.69) is 0 Å². The van der Waals surface area contributed by atoms with Crippen LogP contribution >= 0.6 is 0 Å². The second-order valence-electron chi connectivity index (χ2n) is 3.29. The Balaban J connectivity index is 2.78. The Morgan fingerprint density at radius 3 is 2.60 bits per heavy atom. The summed E-state index contributed by atoms with van der Waals surface area (Å²) < 4.78 is 11.8. The molecule has 0 saturated carbocycles. The molecule has 0 bridgehead atoms. The molecule has 2 unspecified atom stereocenters. The van der Waals surface area contributed by atoms with Crippen LogP contribution in [0, 0.1) is 6.92 Å². The predicted octanol–water partition coefficient (Wildman–Crippen LogP) is -0.0848. The van der Waals surface area contributed by atoms with Gasteiger partial charge in [0.2, 0.25) is 5.91 Å². The van der Waals surface area contributed by atoms with Gasteiger partial charge in [-0.2, -0.15) is 0 Å². The molecular formula is C10H14N2O2S. The normalized spacial score (nSPS) is 14.5. The average molecular weight is 226 g/mol. The fraction of sp³-hybridized carbons (Fsp3) is 0.300. The van der Waals surface area contributed by atoms with Crippen LogP contribution < -0.4 is 11.5 Å². The lowest BCUT2D eigenvalue weighted by atomic mass is 10.2. The van der Waals surface area contributed by atoms with E-state index in [9.17, 15) is 9.00 Å². The number of benzene rings is 1. The summed E-state index contributed by atoms with van der Waals surface area (Å²) in [6.45, 7) is 1.86. The number of carbonyl (C=O) groups excluding carboxylic acids is 1. The van der Waals surface area contributed by atoms with Crippen molar-refractivity contribution < 1.29 is 9.00 Å². The third-order valence-electron chi connectivity index (χ3n) is 2.04. The fourth-order valence-electron chi connectivity index (χ4n) is 1.15. The smallest absolute Gasteiger partial charge is 0.235 e. The van der Waals surface area contributed by atoms with Crippen molar-refractivity contribution in [2.75, 3.05) is 5.75 Å². The summed E-state index contributed by atoms with van der Waals surface area (Å²) in [5.74, 6) is -0.558. The zero-order chi connectivity index (χ0) is 11.4. The summed E-state index contributed by atoms with van der Waals surface area (Å²) >= 11 is 0. The van der Waals surface area contributed by atoms with E-state index in [-0.39, 0.29) is 5.75 Å². The first-order chi connectivity index (χ1) is 7.02. The monoisotopic (exact) mass is 226 g/mol. The molecule has 1 rings (SSSR count). The Morgan fingerprint density at radius 1 is 1.47 bits per heavy atom. The Kier molecular flexibility index (Phi) is 3.99. The predicted molar refractivity (Wildman–Crippen MR) is 59.6 cm³/mol. The molecule has 0 fully saturated rings. The average Bonchev–Trinajstić information content (AvgIpc) is 2.18. The van der Waals surface area contributed by atoms with Gasteiger partial charge in [-0.1, -0.05) is 18.2 Å². The molecule has 1 aromatic rings. The molecule has 1 amide bonds. The first kappa shape index (κ1) is 11.9. The molecule has 2 atom stereocenters. The minimum absolute atomic E-state index is 0.0696. The topological polar surface area (TPSA) is 86.2 Å². The first-order valence-corrected chi connectivity index (χ1v) is 5.83. The second kappa shape index (κ2) is 5.04. The minimum atomic E-state index is -1.27. The third kappa shape index (κ3) is 3.14. The summed E-state index contributed by atoms with van der Waals surface area (Å²) in [6.07, 6.45) is 0. The van der Waals surface area contributed by atoms with Gasteiger partial charge in [0.15, 0.2) is 0 Å². The quantitative estimate of drug-likeness (QED) is 0.752. The maximum absolute atomic E-state index is 11.8. The van der Waals surface area contributed by atoms with E-state index in [4.69, 9.17) is 11.5 Å². The van der Waals surface area contributed by atoms with E-state index in [1.165, 1.54) is 0 Å². The van der Waals surface area contributed by atoms with E-state index < -0.39 is 22.7 Å². The Hall–Kier alpha value is -1.20. The van der Waals surface area contributed by atoms with E-state index in [0.717, 1.165) is 5.56 Å². The lowest BCUT2D eigenvalue weighted by Crippen LogP contribution is -2.40. The van der Waals surface area contributed by atoms with Crippen LogP contribution in [0.5, 0.6) is 0 Å². The van der Waals surface area contributed by atoms with Gasteiger partial charge in [-0.3, -0.25) is 9.00 Å². The Bertz CT molecular complexity index is 393. The molecule has 0 spiro atoms. The number of amides is 1. The van der Waals surface area contributed by atoms with E-state index >= 15 is 0 Å². The highest BCUT2D eigenvalue weighted by Gasteiger charge is 2.15. The van der Waals surface area contributed by atoms with Gasteiger partial charge in [-0.15, -0.1) is 0 Å². The van der Waals surface area contributed by atoms with E-state index in [0.29, 0.717) is 4.90 Å². The lowest BCUT2D eigenvalue weighted by molar-refractivity contribution is -0.118. The van der Waals surface area contributed by atoms with Gasteiger partial charge >= 0.3 is 0 Å². The molecule has 0 aliphatic heterocycles. The van der Waals surface area contributed by atoms with Crippen molar-refractivity contribution in [2.45, 2.75) is 17.9 Å². The number of rotatable bonds is 4. The Labute approximate surface area is 91.1 Å². The fourth-order valence-corrected chi connectivity index (χ4v) is 2.47. The molecule has 4 N–H and O–H groups in total. The number of carbonyl (C=O) groups is 1. The summed E-state index contributed by atoms with van der Waals surface area (Å²) in [6, 6.07) is 6.44. The highest BCUT2D eigenvalue weighted by molar-refractivity contribution is 7.85. The zero-order valence-electron chi connectivity index (χ0n) is 8.47. The first-order valence-electron chi connectivity index (χ1n) is 4.51. The standard InChI is InChI=1S/C10H14N2O2S/c1-7-4-2-3-5-9(7)15(14)6-8(11)10(12)13/h2-5,8H,6,11H2,1H3,(H2,12,13). The van der Waals surface area contributed by atoms with Crippen LogP contribution in [0.15, 0.2) is 29.2 Å². The van der Waals surface area contributed by atoms with Crippen molar-refractivity contribution in [3.8, 4) is 0 Å². The molecule has 0 radical (unpaired) electrons. The number of hydrogen-bond acceptors (Lipinski definition) is 3. The molecule has 0 aliphatic rings. The number of nitrogens with two attached hydrogens (primary N) is 2. The van der Waals surface area contributed by atoms with Crippen molar-refractivity contribution >= 4 is 16.7 Å². The maximum Gasteiger partial charge on any atom is 0.235 e. The number of aryl methyl sites for hydroxylation is 1. The van der Waals surface area contributed by atoms with Crippen LogP contribution in [0.4, 0.5) is 0 Å². The van der Waals surface area contributed by atoms with Gasteiger partial charge in [-0.25, -0.2) is 0 Å². The molecule has 82 valence electrons. The molecule has 0 heterocycles. The molecule has 0 saturated heterocycles. The Morgan fingerprint density at radius 2 is 2.07 bits per heavy atom. The second-order valence-corrected chi connectivity index (χ2v) is 4.75. The van der Waals surface area contributed by atoms with Crippen molar-refractivity contribution in [3.63, 3.8) is 0 Å². The molecule has 0 aromatic heterocycles. The van der Waals surface area contributed by atoms with Gasteiger partial charge in [0.25, 0.3) is 0 Å². The van der Waals surface area contributed by atoms with Gasteiger partial charge in [-0.05, 0) is 18.6 Å². The van der Waals surface area contributed by atoms with Crippen molar-refractivity contribution in [3.05, 3.63) is 29.8 Å². The summed E-state index contributed by atoms with van der Waals surface area (Å²) in [4.78, 5) is 11.4. The largest absolute Gasteiger partial charge is 0.368 e. The van der Waals surface area contributed by atoms with Gasteiger partial charge in [0.1, 0.15) is 0 Å². The minimum Gasteiger partial charge on any atom is -0.368 e. The molecular weight excluding hydrogens is 212 g/mol. The van der Waals surface area contributed by atoms with E-state index in [1.807, 2.05) is 19.1 Å². The molecule has 1 aromatic carbocycles. The third-order valence-corrected chi connectivity index (χ3v) is 3.65. The van der Waals surface area contributed by atoms with Crippen LogP contribution in [0.3, 0.4) is 0 Å². The van der Waals surface area contributed by atoms with Crippen molar-refractivity contribution in [1.29, 1.82) is 0 Å². The summed E-state index contributed by atoms with van der Waals surface area (Å²) in [7, 11) is -1.27. The number of primary amides is 1. The lowest BCUT2D eigenvalue weighted by Gasteiger charge is -2.08. The van der Waals surface area contributed by atoms with Gasteiger partial charge in [0.05, 0.1) is 22.6 Å². The van der Waals surface area contributed by atoms with Gasteiger partial charge < -0.3 is 11.5 Å². The highest BCUT2D eigenvalue weighted by atomic mass is 32.2. The van der Waals surface area contributed by atoms with Crippen LogP contribution in [0.25, 0.3) is 0 Å². The van der Waals surface area contributed by atoms with Crippen LogP contribution in [0.2, 0.25) is 0 Å².